The van der Waals surface area contributed by atoms with Crippen molar-refractivity contribution in [2.24, 2.45) is 5.10 Å². The molecule has 0 unspecified atom stereocenters. The number of nitrogens with zero attached hydrogens (tertiary/aromatic N) is 1. The lowest BCUT2D eigenvalue weighted by molar-refractivity contribution is -0.136. The smallest absolute Gasteiger partial charge is 0.343 e. The van der Waals surface area contributed by atoms with Gasteiger partial charge in [0.05, 0.1) is 18.4 Å². The third-order valence-electron chi connectivity index (χ3n) is 4.65. The summed E-state index contributed by atoms with van der Waals surface area (Å²) in [4.78, 5) is 36.3. The average molecular weight is 445 g/mol. The van der Waals surface area contributed by atoms with Crippen molar-refractivity contribution in [3.63, 3.8) is 0 Å². The number of benzene rings is 3. The topological polar surface area (TPSA) is 106 Å². The van der Waals surface area contributed by atoms with Crippen molar-refractivity contribution in [3.05, 3.63) is 89.5 Å². The first-order chi connectivity index (χ1) is 15.9. The van der Waals surface area contributed by atoms with E-state index < -0.39 is 17.8 Å². The number of esters is 1. The molecule has 3 rings (SSSR count). The summed E-state index contributed by atoms with van der Waals surface area (Å²) >= 11 is 0. The molecule has 0 saturated heterocycles. The highest BCUT2D eigenvalue weighted by molar-refractivity contribution is 6.39. The number of hydrogen-bond donors (Lipinski definition) is 2. The van der Waals surface area contributed by atoms with Gasteiger partial charge in [-0.1, -0.05) is 17.7 Å². The number of rotatable bonds is 6. The molecule has 3 aromatic rings. The standard InChI is InChI=1S/C25H23N3O5/c1-16-4-6-19(7-5-16)25(31)33-22-12-8-18(9-13-22)17(2)27-28-24(30)23(29)26-20-10-14-21(32-3)15-11-20/h4-15H,1-3H3,(H,26,29)(H,28,30). The summed E-state index contributed by atoms with van der Waals surface area (Å²) in [6.07, 6.45) is 0. The number of carbonyl (C=O) groups is 3. The van der Waals surface area contributed by atoms with Crippen LogP contribution in [0.2, 0.25) is 0 Å². The average Bonchev–Trinajstić information content (AvgIpc) is 2.83. The van der Waals surface area contributed by atoms with Crippen molar-refractivity contribution in [1.82, 2.24) is 5.43 Å². The van der Waals surface area contributed by atoms with Crippen LogP contribution in [0.5, 0.6) is 11.5 Å². The fourth-order valence-electron chi connectivity index (χ4n) is 2.73. The van der Waals surface area contributed by atoms with E-state index in [1.165, 1.54) is 7.11 Å². The van der Waals surface area contributed by atoms with Crippen LogP contribution in [0.4, 0.5) is 5.69 Å². The number of anilines is 1. The van der Waals surface area contributed by atoms with Gasteiger partial charge in [-0.2, -0.15) is 5.10 Å². The minimum absolute atomic E-state index is 0.375. The largest absolute Gasteiger partial charge is 0.497 e. The molecule has 0 aliphatic rings. The molecule has 0 aliphatic heterocycles. The Kier molecular flexibility index (Phi) is 7.54. The Hall–Kier alpha value is -4.46. The van der Waals surface area contributed by atoms with Gasteiger partial charge >= 0.3 is 17.8 Å². The molecule has 0 saturated carbocycles. The molecule has 168 valence electrons. The highest BCUT2D eigenvalue weighted by Crippen LogP contribution is 2.16. The SMILES string of the molecule is COc1ccc(NC(=O)C(=O)NN=C(C)c2ccc(OC(=O)c3ccc(C)cc3)cc2)cc1. The van der Waals surface area contributed by atoms with Gasteiger partial charge in [-0.05, 0) is 80.1 Å². The van der Waals surface area contributed by atoms with Crippen LogP contribution < -0.4 is 20.2 Å². The summed E-state index contributed by atoms with van der Waals surface area (Å²) in [6.45, 7) is 3.61. The van der Waals surface area contributed by atoms with Crippen LogP contribution >= 0.6 is 0 Å². The molecule has 0 radical (unpaired) electrons. The second-order valence-electron chi connectivity index (χ2n) is 7.10. The molecule has 2 amide bonds. The van der Waals surface area contributed by atoms with Crippen molar-refractivity contribution in [2.75, 3.05) is 12.4 Å². The Morgan fingerprint density at radius 2 is 1.33 bits per heavy atom. The third kappa shape index (κ3) is 6.51. The molecule has 0 bridgehead atoms. The molecule has 3 aromatic carbocycles. The molecule has 0 heterocycles. The van der Waals surface area contributed by atoms with Gasteiger partial charge in [0.15, 0.2) is 0 Å². The Morgan fingerprint density at radius 3 is 1.94 bits per heavy atom. The van der Waals surface area contributed by atoms with Crippen molar-refractivity contribution in [2.45, 2.75) is 13.8 Å². The number of hydrogen-bond acceptors (Lipinski definition) is 6. The van der Waals surface area contributed by atoms with Crippen molar-refractivity contribution < 1.29 is 23.9 Å². The van der Waals surface area contributed by atoms with Gasteiger partial charge in [-0.3, -0.25) is 9.59 Å². The van der Waals surface area contributed by atoms with Gasteiger partial charge in [0.1, 0.15) is 11.5 Å². The van der Waals surface area contributed by atoms with E-state index in [-0.39, 0.29) is 0 Å². The number of ether oxygens (including phenoxy) is 2. The van der Waals surface area contributed by atoms with E-state index in [1.807, 2.05) is 19.1 Å². The summed E-state index contributed by atoms with van der Waals surface area (Å²) in [6, 6.07) is 20.3. The Bertz CT molecular complexity index is 1170. The van der Waals surface area contributed by atoms with Gasteiger partial charge in [0.25, 0.3) is 0 Å². The van der Waals surface area contributed by atoms with E-state index in [2.05, 4.69) is 15.8 Å². The zero-order chi connectivity index (χ0) is 23.8. The maximum absolute atomic E-state index is 12.2. The van der Waals surface area contributed by atoms with Crippen LogP contribution in [0.25, 0.3) is 0 Å². The lowest BCUT2D eigenvalue weighted by Crippen LogP contribution is -2.32. The minimum Gasteiger partial charge on any atom is -0.497 e. The maximum atomic E-state index is 12.2. The first-order valence-corrected chi connectivity index (χ1v) is 10.0. The second-order valence-corrected chi connectivity index (χ2v) is 7.10. The molecule has 33 heavy (non-hydrogen) atoms. The lowest BCUT2D eigenvalue weighted by atomic mass is 10.1. The predicted molar refractivity (Wildman–Crippen MR) is 125 cm³/mol. The van der Waals surface area contributed by atoms with Gasteiger partial charge in [-0.15, -0.1) is 0 Å². The molecule has 8 heteroatoms. The quantitative estimate of drug-likeness (QED) is 0.198. The summed E-state index contributed by atoms with van der Waals surface area (Å²) in [5.41, 5.74) is 5.33. The number of aryl methyl sites for hydroxylation is 1. The van der Waals surface area contributed by atoms with Crippen LogP contribution in [0.1, 0.15) is 28.4 Å². The number of nitrogens with one attached hydrogen (secondary N) is 2. The molecule has 0 fully saturated rings. The molecular formula is C25H23N3O5. The first-order valence-electron chi connectivity index (χ1n) is 10.0. The van der Waals surface area contributed by atoms with Crippen LogP contribution in [0.3, 0.4) is 0 Å². The molecule has 0 atom stereocenters. The van der Waals surface area contributed by atoms with Crippen LogP contribution in [0.15, 0.2) is 77.9 Å². The Labute approximate surface area is 191 Å². The zero-order valence-electron chi connectivity index (χ0n) is 18.4. The number of carbonyl (C=O) groups excluding carboxylic acids is 3. The summed E-state index contributed by atoms with van der Waals surface area (Å²) in [7, 11) is 1.53. The van der Waals surface area contributed by atoms with Gasteiger partial charge in [-0.25, -0.2) is 10.2 Å². The summed E-state index contributed by atoms with van der Waals surface area (Å²) in [5.74, 6) is -1.21. The highest BCUT2D eigenvalue weighted by atomic mass is 16.5. The molecular weight excluding hydrogens is 422 g/mol. The predicted octanol–water partition coefficient (Wildman–Crippen LogP) is 3.70. The molecule has 0 spiro atoms. The van der Waals surface area contributed by atoms with Crippen molar-refractivity contribution >= 4 is 29.2 Å². The van der Waals surface area contributed by atoms with E-state index in [9.17, 15) is 14.4 Å². The van der Waals surface area contributed by atoms with E-state index in [4.69, 9.17) is 9.47 Å². The van der Waals surface area contributed by atoms with E-state index in [0.717, 1.165) is 5.56 Å². The fraction of sp³-hybridized carbons (Fsp3) is 0.120. The lowest BCUT2D eigenvalue weighted by Gasteiger charge is -2.07. The highest BCUT2D eigenvalue weighted by Gasteiger charge is 2.14. The van der Waals surface area contributed by atoms with Crippen molar-refractivity contribution in [1.29, 1.82) is 0 Å². The molecule has 0 aliphatic carbocycles. The molecule has 8 nitrogen and oxygen atoms in total. The monoisotopic (exact) mass is 445 g/mol. The van der Waals surface area contributed by atoms with Crippen molar-refractivity contribution in [3.8, 4) is 11.5 Å². The number of hydrazone groups is 1. The Morgan fingerprint density at radius 1 is 0.758 bits per heavy atom. The number of amides is 2. The number of methoxy groups -OCH3 is 1. The van der Waals surface area contributed by atoms with Crippen LogP contribution in [0, 0.1) is 6.92 Å². The van der Waals surface area contributed by atoms with E-state index >= 15 is 0 Å². The van der Waals surface area contributed by atoms with Gasteiger partial charge in [0, 0.05) is 5.69 Å². The first kappa shape index (κ1) is 23.2. The fourth-order valence-corrected chi connectivity index (χ4v) is 2.73. The van der Waals surface area contributed by atoms with Crippen LogP contribution in [-0.4, -0.2) is 30.6 Å². The molecule has 0 aromatic heterocycles. The zero-order valence-corrected chi connectivity index (χ0v) is 18.4. The van der Waals surface area contributed by atoms with Gasteiger partial charge < -0.3 is 14.8 Å². The second kappa shape index (κ2) is 10.7. The Balaban J connectivity index is 1.55. The van der Waals surface area contributed by atoms with Crippen LogP contribution in [-0.2, 0) is 9.59 Å². The summed E-state index contributed by atoms with van der Waals surface area (Å²) < 4.78 is 10.4. The van der Waals surface area contributed by atoms with E-state index in [1.54, 1.807) is 67.6 Å². The summed E-state index contributed by atoms with van der Waals surface area (Å²) in [5, 5.41) is 6.43. The molecule has 2 N–H and O–H groups in total. The normalized spacial score (nSPS) is 10.8. The third-order valence-corrected chi connectivity index (χ3v) is 4.65. The van der Waals surface area contributed by atoms with E-state index in [0.29, 0.717) is 34.0 Å². The maximum Gasteiger partial charge on any atom is 0.343 e. The minimum atomic E-state index is -0.909. The van der Waals surface area contributed by atoms with Gasteiger partial charge in [0.2, 0.25) is 0 Å².